The van der Waals surface area contributed by atoms with Gasteiger partial charge in [0.25, 0.3) is 0 Å². The predicted octanol–water partition coefficient (Wildman–Crippen LogP) is 2.92. The molecule has 0 aromatic carbocycles. The number of carbonyl (C=O) groups is 1. The van der Waals surface area contributed by atoms with E-state index in [0.29, 0.717) is 12.1 Å². The summed E-state index contributed by atoms with van der Waals surface area (Å²) in [5.74, 6) is 0. The van der Waals surface area contributed by atoms with Crippen LogP contribution in [-0.4, -0.2) is 41.8 Å². The van der Waals surface area contributed by atoms with Crippen molar-refractivity contribution in [2.75, 3.05) is 13.1 Å². The van der Waals surface area contributed by atoms with Crippen molar-refractivity contribution in [3.63, 3.8) is 0 Å². The minimum Gasteiger partial charge on any atom is -0.444 e. The van der Waals surface area contributed by atoms with Gasteiger partial charge in [0.15, 0.2) is 0 Å². The van der Waals surface area contributed by atoms with Gasteiger partial charge in [-0.25, -0.2) is 4.79 Å². The van der Waals surface area contributed by atoms with Gasteiger partial charge in [0.2, 0.25) is 0 Å². The molecule has 1 amide bonds. The Hall–Kier alpha value is -0.770. The van der Waals surface area contributed by atoms with E-state index in [4.69, 9.17) is 4.74 Å². The van der Waals surface area contributed by atoms with Crippen LogP contribution in [0.2, 0.25) is 0 Å². The SMILES string of the molecule is CC(C)(C)OC(=O)N1CCCCCC1CNC1CC1. The molecule has 1 saturated carbocycles. The summed E-state index contributed by atoms with van der Waals surface area (Å²) in [6.45, 7) is 7.55. The minimum absolute atomic E-state index is 0.142. The van der Waals surface area contributed by atoms with Crippen LogP contribution in [0.1, 0.15) is 59.3 Å². The maximum atomic E-state index is 12.3. The summed E-state index contributed by atoms with van der Waals surface area (Å²) < 4.78 is 5.54. The fourth-order valence-electron chi connectivity index (χ4n) is 2.54. The van der Waals surface area contributed by atoms with Crippen LogP contribution in [0.25, 0.3) is 0 Å². The fourth-order valence-corrected chi connectivity index (χ4v) is 2.54. The van der Waals surface area contributed by atoms with Crippen LogP contribution in [0, 0.1) is 0 Å². The number of likely N-dealkylation sites (tertiary alicyclic amines) is 1. The minimum atomic E-state index is -0.405. The van der Waals surface area contributed by atoms with E-state index in [1.165, 1.54) is 25.7 Å². The zero-order valence-corrected chi connectivity index (χ0v) is 12.6. The Labute approximate surface area is 116 Å². The van der Waals surface area contributed by atoms with E-state index < -0.39 is 5.60 Å². The second kappa shape index (κ2) is 6.12. The lowest BCUT2D eigenvalue weighted by atomic mass is 10.1. The molecule has 4 nitrogen and oxygen atoms in total. The molecule has 1 N–H and O–H groups in total. The maximum absolute atomic E-state index is 12.3. The van der Waals surface area contributed by atoms with Crippen molar-refractivity contribution >= 4 is 6.09 Å². The molecule has 2 rings (SSSR count). The lowest BCUT2D eigenvalue weighted by Crippen LogP contribution is -2.47. The first-order valence-electron chi connectivity index (χ1n) is 7.69. The van der Waals surface area contributed by atoms with E-state index in [9.17, 15) is 4.79 Å². The summed E-state index contributed by atoms with van der Waals surface area (Å²) in [5, 5.41) is 3.55. The van der Waals surface area contributed by atoms with Gasteiger partial charge in [0.05, 0.1) is 0 Å². The average molecular weight is 268 g/mol. The molecule has 1 unspecified atom stereocenters. The second-order valence-corrected chi connectivity index (χ2v) is 6.86. The molecule has 1 atom stereocenters. The molecule has 0 radical (unpaired) electrons. The van der Waals surface area contributed by atoms with Gasteiger partial charge in [-0.2, -0.15) is 0 Å². The molecule has 0 aromatic rings. The van der Waals surface area contributed by atoms with Crippen molar-refractivity contribution in [2.45, 2.75) is 77.0 Å². The second-order valence-electron chi connectivity index (χ2n) is 6.86. The molecule has 1 saturated heterocycles. The average Bonchev–Trinajstić information content (AvgIpc) is 3.11. The van der Waals surface area contributed by atoms with Crippen molar-refractivity contribution in [1.29, 1.82) is 0 Å². The number of hydrogen-bond acceptors (Lipinski definition) is 3. The number of hydrogen-bond donors (Lipinski definition) is 1. The Morgan fingerprint density at radius 1 is 1.21 bits per heavy atom. The maximum Gasteiger partial charge on any atom is 0.410 e. The Balaban J connectivity index is 1.92. The Morgan fingerprint density at radius 2 is 1.95 bits per heavy atom. The van der Waals surface area contributed by atoms with E-state index in [2.05, 4.69) is 5.32 Å². The molecule has 0 bridgehead atoms. The van der Waals surface area contributed by atoms with Gasteiger partial charge in [-0.1, -0.05) is 12.8 Å². The van der Waals surface area contributed by atoms with E-state index in [1.54, 1.807) is 0 Å². The number of rotatable bonds is 3. The lowest BCUT2D eigenvalue weighted by molar-refractivity contribution is 0.0166. The van der Waals surface area contributed by atoms with Gasteiger partial charge >= 0.3 is 6.09 Å². The summed E-state index contributed by atoms with van der Waals surface area (Å²) in [6.07, 6.45) is 7.07. The normalized spacial score (nSPS) is 25.0. The monoisotopic (exact) mass is 268 g/mol. The van der Waals surface area contributed by atoms with Gasteiger partial charge in [-0.05, 0) is 46.5 Å². The summed E-state index contributed by atoms with van der Waals surface area (Å²) >= 11 is 0. The number of nitrogens with one attached hydrogen (secondary N) is 1. The molecule has 4 heteroatoms. The van der Waals surface area contributed by atoms with Crippen LogP contribution in [0.4, 0.5) is 4.79 Å². The predicted molar refractivity (Wildman–Crippen MR) is 76.2 cm³/mol. The van der Waals surface area contributed by atoms with E-state index in [0.717, 1.165) is 25.9 Å². The first kappa shape index (κ1) is 14.6. The third-order valence-electron chi connectivity index (χ3n) is 3.72. The van der Waals surface area contributed by atoms with Crippen LogP contribution in [-0.2, 0) is 4.74 Å². The van der Waals surface area contributed by atoms with Crippen molar-refractivity contribution in [1.82, 2.24) is 10.2 Å². The molecule has 2 fully saturated rings. The van der Waals surface area contributed by atoms with Crippen LogP contribution < -0.4 is 5.32 Å². The van der Waals surface area contributed by atoms with Crippen LogP contribution in [0.15, 0.2) is 0 Å². The summed E-state index contributed by atoms with van der Waals surface area (Å²) in [4.78, 5) is 14.3. The molecular weight excluding hydrogens is 240 g/mol. The highest BCUT2D eigenvalue weighted by Gasteiger charge is 2.30. The Kier molecular flexibility index (Phi) is 4.71. The molecule has 1 aliphatic carbocycles. The highest BCUT2D eigenvalue weighted by molar-refractivity contribution is 5.68. The van der Waals surface area contributed by atoms with E-state index >= 15 is 0 Å². The van der Waals surface area contributed by atoms with Crippen molar-refractivity contribution in [3.05, 3.63) is 0 Å². The number of carbonyl (C=O) groups excluding carboxylic acids is 1. The molecule has 1 aliphatic heterocycles. The van der Waals surface area contributed by atoms with Gasteiger partial charge < -0.3 is 15.0 Å². The highest BCUT2D eigenvalue weighted by atomic mass is 16.6. The van der Waals surface area contributed by atoms with Crippen LogP contribution in [0.3, 0.4) is 0 Å². The molecule has 2 aliphatic rings. The first-order valence-corrected chi connectivity index (χ1v) is 7.69. The lowest BCUT2D eigenvalue weighted by Gasteiger charge is -2.32. The summed E-state index contributed by atoms with van der Waals surface area (Å²) in [5.41, 5.74) is -0.405. The molecule has 1 heterocycles. The van der Waals surface area contributed by atoms with E-state index in [-0.39, 0.29) is 6.09 Å². The smallest absolute Gasteiger partial charge is 0.410 e. The number of ether oxygens (including phenoxy) is 1. The van der Waals surface area contributed by atoms with Gasteiger partial charge in [0, 0.05) is 25.2 Å². The Morgan fingerprint density at radius 3 is 2.58 bits per heavy atom. The topological polar surface area (TPSA) is 41.6 Å². The third-order valence-corrected chi connectivity index (χ3v) is 3.72. The van der Waals surface area contributed by atoms with Crippen molar-refractivity contribution in [2.24, 2.45) is 0 Å². The van der Waals surface area contributed by atoms with Gasteiger partial charge in [-0.3, -0.25) is 0 Å². The summed E-state index contributed by atoms with van der Waals surface area (Å²) in [6, 6.07) is 1.00. The zero-order valence-electron chi connectivity index (χ0n) is 12.6. The summed E-state index contributed by atoms with van der Waals surface area (Å²) in [7, 11) is 0. The van der Waals surface area contributed by atoms with Crippen molar-refractivity contribution in [3.8, 4) is 0 Å². The molecule has 0 spiro atoms. The highest BCUT2D eigenvalue weighted by Crippen LogP contribution is 2.22. The molecule has 19 heavy (non-hydrogen) atoms. The van der Waals surface area contributed by atoms with Crippen molar-refractivity contribution < 1.29 is 9.53 Å². The largest absolute Gasteiger partial charge is 0.444 e. The van der Waals surface area contributed by atoms with E-state index in [1.807, 2.05) is 25.7 Å². The first-order chi connectivity index (χ1) is 8.96. The van der Waals surface area contributed by atoms with Gasteiger partial charge in [0.1, 0.15) is 5.60 Å². The van der Waals surface area contributed by atoms with Crippen LogP contribution in [0.5, 0.6) is 0 Å². The molecule has 110 valence electrons. The standard InChI is InChI=1S/C15H28N2O2/c1-15(2,3)19-14(18)17-10-6-4-5-7-13(17)11-16-12-8-9-12/h12-13,16H,4-11H2,1-3H3. The number of nitrogens with zero attached hydrogens (tertiary/aromatic N) is 1. The molecule has 0 aromatic heterocycles. The molecular formula is C15H28N2O2. The number of amides is 1. The van der Waals surface area contributed by atoms with Gasteiger partial charge in [-0.15, -0.1) is 0 Å². The zero-order chi connectivity index (χ0) is 13.9. The Bertz CT molecular complexity index is 308. The quantitative estimate of drug-likeness (QED) is 0.855. The van der Waals surface area contributed by atoms with Crippen LogP contribution >= 0.6 is 0 Å². The third kappa shape index (κ3) is 5.01. The fraction of sp³-hybridized carbons (Fsp3) is 0.933.